The van der Waals surface area contributed by atoms with Gasteiger partial charge in [-0.15, -0.1) is 0 Å². The van der Waals surface area contributed by atoms with Gasteiger partial charge in [0.2, 0.25) is 0 Å². The Bertz CT molecular complexity index is 523. The second-order valence-corrected chi connectivity index (χ2v) is 3.59. The molecule has 0 saturated carbocycles. The molecule has 0 radical (unpaired) electrons. The largest absolute Gasteiger partial charge is 0.508 e. The third-order valence-electron chi connectivity index (χ3n) is 2.43. The van der Waals surface area contributed by atoms with Gasteiger partial charge in [0.15, 0.2) is 0 Å². The van der Waals surface area contributed by atoms with E-state index in [1.54, 1.807) is 18.2 Å². The van der Waals surface area contributed by atoms with Crippen LogP contribution >= 0.6 is 0 Å². The van der Waals surface area contributed by atoms with E-state index < -0.39 is 5.82 Å². The van der Waals surface area contributed by atoms with Crippen LogP contribution in [0, 0.1) is 5.82 Å². The molecule has 0 aromatic heterocycles. The zero-order valence-electron chi connectivity index (χ0n) is 9.48. The van der Waals surface area contributed by atoms with Gasteiger partial charge in [-0.05, 0) is 25.1 Å². The number of phenolic OH excluding ortho intramolecular Hbond substituents is 1. The summed E-state index contributed by atoms with van der Waals surface area (Å²) in [7, 11) is 0. The Balaban J connectivity index is 2.52. The number of halogens is 1. The second-order valence-electron chi connectivity index (χ2n) is 3.59. The normalized spacial score (nSPS) is 10.2. The molecule has 0 aliphatic rings. The quantitative estimate of drug-likeness (QED) is 0.876. The molecule has 0 aliphatic heterocycles. The molecule has 0 unspecified atom stereocenters. The fourth-order valence-electron chi connectivity index (χ4n) is 1.69. The summed E-state index contributed by atoms with van der Waals surface area (Å²) in [6.07, 6.45) is 0. The Morgan fingerprint density at radius 3 is 2.59 bits per heavy atom. The molecule has 0 bridgehead atoms. The van der Waals surface area contributed by atoms with Gasteiger partial charge in [0.25, 0.3) is 0 Å². The molecule has 88 valence electrons. The fraction of sp³-hybridized carbons (Fsp3) is 0.143. The Labute approximate surface area is 99.3 Å². The van der Waals surface area contributed by atoms with Crippen molar-refractivity contribution >= 4 is 0 Å². The summed E-state index contributed by atoms with van der Waals surface area (Å²) < 4.78 is 19.2. The van der Waals surface area contributed by atoms with E-state index in [-0.39, 0.29) is 5.75 Å². The minimum atomic E-state index is -0.461. The zero-order chi connectivity index (χ0) is 12.3. The monoisotopic (exact) mass is 232 g/mol. The summed E-state index contributed by atoms with van der Waals surface area (Å²) in [5.41, 5.74) is 1.11. The first-order valence-corrected chi connectivity index (χ1v) is 5.43. The van der Waals surface area contributed by atoms with Crippen LogP contribution in [-0.2, 0) is 0 Å². The molecule has 0 fully saturated rings. The predicted molar refractivity (Wildman–Crippen MR) is 64.7 cm³/mol. The average molecular weight is 232 g/mol. The number of aromatic hydroxyl groups is 1. The Kier molecular flexibility index (Phi) is 3.28. The summed E-state index contributed by atoms with van der Waals surface area (Å²) in [5.74, 6) is 0.0943. The van der Waals surface area contributed by atoms with Gasteiger partial charge in [-0.25, -0.2) is 4.39 Å². The third-order valence-corrected chi connectivity index (χ3v) is 2.43. The van der Waals surface area contributed by atoms with Crippen molar-refractivity contribution in [2.24, 2.45) is 0 Å². The molecule has 0 heterocycles. The topological polar surface area (TPSA) is 29.5 Å². The SMILES string of the molecule is CCOc1ccccc1-c1ccc(O)cc1F. The minimum Gasteiger partial charge on any atom is -0.508 e. The maximum atomic E-state index is 13.7. The van der Waals surface area contributed by atoms with Crippen LogP contribution in [-0.4, -0.2) is 11.7 Å². The van der Waals surface area contributed by atoms with Gasteiger partial charge in [-0.3, -0.25) is 0 Å². The molecular formula is C14H13FO2. The number of ether oxygens (including phenoxy) is 1. The van der Waals surface area contributed by atoms with Gasteiger partial charge in [0.1, 0.15) is 17.3 Å². The van der Waals surface area contributed by atoms with Crippen molar-refractivity contribution < 1.29 is 14.2 Å². The first-order valence-electron chi connectivity index (χ1n) is 5.43. The summed E-state index contributed by atoms with van der Waals surface area (Å²) in [5, 5.41) is 9.19. The molecule has 1 N–H and O–H groups in total. The van der Waals surface area contributed by atoms with Crippen molar-refractivity contribution in [3.05, 3.63) is 48.3 Å². The van der Waals surface area contributed by atoms with Crippen molar-refractivity contribution in [2.45, 2.75) is 6.92 Å². The first-order chi connectivity index (χ1) is 8.22. The molecule has 2 aromatic carbocycles. The van der Waals surface area contributed by atoms with Crippen LogP contribution < -0.4 is 4.74 Å². The second kappa shape index (κ2) is 4.87. The molecule has 2 aromatic rings. The lowest BCUT2D eigenvalue weighted by molar-refractivity contribution is 0.341. The summed E-state index contributed by atoms with van der Waals surface area (Å²) in [4.78, 5) is 0. The van der Waals surface area contributed by atoms with Crippen LogP contribution in [0.2, 0.25) is 0 Å². The highest BCUT2D eigenvalue weighted by molar-refractivity contribution is 5.71. The lowest BCUT2D eigenvalue weighted by atomic mass is 10.0. The molecule has 0 saturated heterocycles. The van der Waals surface area contributed by atoms with E-state index in [4.69, 9.17) is 4.74 Å². The van der Waals surface area contributed by atoms with E-state index in [0.717, 1.165) is 6.07 Å². The van der Waals surface area contributed by atoms with E-state index in [9.17, 15) is 9.50 Å². The molecule has 2 nitrogen and oxygen atoms in total. The van der Waals surface area contributed by atoms with Gasteiger partial charge in [0.05, 0.1) is 6.61 Å². The summed E-state index contributed by atoms with van der Waals surface area (Å²) in [6.45, 7) is 2.40. The highest BCUT2D eigenvalue weighted by Crippen LogP contribution is 2.32. The molecule has 17 heavy (non-hydrogen) atoms. The Morgan fingerprint density at radius 1 is 1.12 bits per heavy atom. The van der Waals surface area contributed by atoms with Crippen LogP contribution in [0.4, 0.5) is 4.39 Å². The molecule has 3 heteroatoms. The van der Waals surface area contributed by atoms with Crippen LogP contribution in [0.3, 0.4) is 0 Å². The van der Waals surface area contributed by atoms with Gasteiger partial charge < -0.3 is 9.84 Å². The van der Waals surface area contributed by atoms with Crippen molar-refractivity contribution in [3.8, 4) is 22.6 Å². The number of para-hydroxylation sites is 1. The molecule has 0 atom stereocenters. The van der Waals surface area contributed by atoms with E-state index in [0.29, 0.717) is 23.5 Å². The van der Waals surface area contributed by atoms with Gasteiger partial charge >= 0.3 is 0 Å². The van der Waals surface area contributed by atoms with Crippen LogP contribution in [0.15, 0.2) is 42.5 Å². The maximum absolute atomic E-state index is 13.7. The number of hydrogen-bond donors (Lipinski definition) is 1. The smallest absolute Gasteiger partial charge is 0.134 e. The molecule has 0 amide bonds. The number of benzene rings is 2. The van der Waals surface area contributed by atoms with Crippen molar-refractivity contribution in [1.82, 2.24) is 0 Å². The summed E-state index contributed by atoms with van der Waals surface area (Å²) >= 11 is 0. The molecule has 0 aliphatic carbocycles. The first kappa shape index (κ1) is 11.5. The number of rotatable bonds is 3. The van der Waals surface area contributed by atoms with Crippen molar-refractivity contribution in [2.75, 3.05) is 6.61 Å². The standard InChI is InChI=1S/C14H13FO2/c1-2-17-14-6-4-3-5-12(14)11-8-7-10(16)9-13(11)15/h3-9,16H,2H2,1H3. The van der Waals surface area contributed by atoms with E-state index in [1.807, 2.05) is 19.1 Å². The van der Waals surface area contributed by atoms with Gasteiger partial charge in [-0.2, -0.15) is 0 Å². The predicted octanol–water partition coefficient (Wildman–Crippen LogP) is 3.60. The van der Waals surface area contributed by atoms with E-state index in [2.05, 4.69) is 0 Å². The molecule has 2 rings (SSSR count). The highest BCUT2D eigenvalue weighted by Gasteiger charge is 2.10. The van der Waals surface area contributed by atoms with Crippen LogP contribution in [0.5, 0.6) is 11.5 Å². The van der Waals surface area contributed by atoms with Crippen molar-refractivity contribution in [3.63, 3.8) is 0 Å². The third kappa shape index (κ3) is 2.38. The minimum absolute atomic E-state index is 0.0832. The molecular weight excluding hydrogens is 219 g/mol. The zero-order valence-corrected chi connectivity index (χ0v) is 9.48. The lowest BCUT2D eigenvalue weighted by Gasteiger charge is -2.10. The van der Waals surface area contributed by atoms with Gasteiger partial charge in [-0.1, -0.05) is 18.2 Å². The lowest BCUT2D eigenvalue weighted by Crippen LogP contribution is -1.94. The maximum Gasteiger partial charge on any atom is 0.134 e. The van der Waals surface area contributed by atoms with E-state index in [1.165, 1.54) is 6.07 Å². The van der Waals surface area contributed by atoms with Crippen LogP contribution in [0.1, 0.15) is 6.92 Å². The van der Waals surface area contributed by atoms with Crippen LogP contribution in [0.25, 0.3) is 11.1 Å². The number of hydrogen-bond acceptors (Lipinski definition) is 2. The van der Waals surface area contributed by atoms with E-state index >= 15 is 0 Å². The number of phenols is 1. The van der Waals surface area contributed by atoms with Crippen molar-refractivity contribution in [1.29, 1.82) is 0 Å². The Morgan fingerprint density at radius 2 is 1.88 bits per heavy atom. The molecule has 0 spiro atoms. The summed E-state index contributed by atoms with van der Waals surface area (Å²) in [6, 6.07) is 11.4. The van der Waals surface area contributed by atoms with Gasteiger partial charge in [0, 0.05) is 17.2 Å². The Hall–Kier alpha value is -2.03. The average Bonchev–Trinajstić information content (AvgIpc) is 2.31. The highest BCUT2D eigenvalue weighted by atomic mass is 19.1. The fourth-order valence-corrected chi connectivity index (χ4v) is 1.69.